The molecule has 0 aliphatic rings. The Bertz CT molecular complexity index is 1110. The topological polar surface area (TPSA) is 166 Å². The zero-order valence-electron chi connectivity index (χ0n) is 23.0. The molecule has 5 unspecified atom stereocenters. The van der Waals surface area contributed by atoms with Crippen LogP contribution in [0, 0.1) is 5.92 Å². The molecule has 2 rings (SSSR count). The summed E-state index contributed by atoms with van der Waals surface area (Å²) in [5, 5.41) is 18.7. The minimum atomic E-state index is -1.13. The summed E-state index contributed by atoms with van der Waals surface area (Å²) in [5.74, 6) is -1.71. The lowest BCUT2D eigenvalue weighted by Crippen LogP contribution is -2.58. The molecule has 0 fully saturated rings. The maximum atomic E-state index is 13.6. The third kappa shape index (κ3) is 9.77. The lowest BCUT2D eigenvalue weighted by Gasteiger charge is -2.26. The van der Waals surface area contributed by atoms with E-state index in [0.717, 1.165) is 16.5 Å². The summed E-state index contributed by atoms with van der Waals surface area (Å²) in [6.45, 7) is 3.60. The predicted octanol–water partition coefficient (Wildman–Crippen LogP) is 2.13. The van der Waals surface area contributed by atoms with Crippen LogP contribution in [-0.2, 0) is 25.6 Å². The van der Waals surface area contributed by atoms with Gasteiger partial charge >= 0.3 is 5.97 Å². The first-order chi connectivity index (χ1) is 18.6. The standard InChI is InChI=1S/C27H41N5O5S2/c1-5-16(2)23(27(36)37)32-25(34)21(11-13-39-4)30-26(35)22(31-24(33)19(28)10-12-38-3)14-17-15-29-20-9-7-6-8-18(17)20/h6-9,15-16,19,21-23,29H,5,10-14,28H2,1-4H3,(H,30,35)(H,31,33)(H,32,34)(H,36,37). The first-order valence-corrected chi connectivity index (χ1v) is 15.8. The quantitative estimate of drug-likeness (QED) is 0.166. The molecule has 0 saturated carbocycles. The van der Waals surface area contributed by atoms with Crippen LogP contribution < -0.4 is 21.7 Å². The molecule has 2 aromatic rings. The zero-order chi connectivity index (χ0) is 28.9. The van der Waals surface area contributed by atoms with E-state index in [1.165, 1.54) is 11.8 Å². The van der Waals surface area contributed by atoms with Crippen LogP contribution in [0.15, 0.2) is 30.5 Å². The van der Waals surface area contributed by atoms with Gasteiger partial charge in [-0.1, -0.05) is 38.5 Å². The van der Waals surface area contributed by atoms with Gasteiger partial charge in [-0.15, -0.1) is 0 Å². The lowest BCUT2D eigenvalue weighted by atomic mass is 9.98. The second-order valence-electron chi connectivity index (χ2n) is 9.57. The molecule has 0 aliphatic carbocycles. The van der Waals surface area contributed by atoms with Crippen molar-refractivity contribution in [3.8, 4) is 0 Å². The molecule has 5 atom stereocenters. The number of carboxylic acid groups (broad SMARTS) is 1. The van der Waals surface area contributed by atoms with Crippen LogP contribution in [0.1, 0.15) is 38.7 Å². The SMILES string of the molecule is CCC(C)C(NC(=O)C(CCSC)NC(=O)C(Cc1c[nH]c2ccccc12)NC(=O)C(N)CCSC)C(=O)O. The van der Waals surface area contributed by atoms with Crippen molar-refractivity contribution >= 4 is 58.1 Å². The molecule has 0 radical (unpaired) electrons. The van der Waals surface area contributed by atoms with Crippen molar-refractivity contribution in [1.82, 2.24) is 20.9 Å². The minimum Gasteiger partial charge on any atom is -0.480 e. The Kier molecular flexibility index (Phi) is 13.7. The highest BCUT2D eigenvalue weighted by Crippen LogP contribution is 2.19. The Morgan fingerprint density at radius 3 is 2.21 bits per heavy atom. The van der Waals surface area contributed by atoms with Crippen molar-refractivity contribution in [2.45, 2.75) is 63.7 Å². The number of aromatic nitrogens is 1. The monoisotopic (exact) mass is 579 g/mol. The van der Waals surface area contributed by atoms with Gasteiger partial charge in [0.05, 0.1) is 6.04 Å². The van der Waals surface area contributed by atoms with Gasteiger partial charge in [-0.2, -0.15) is 23.5 Å². The molecular weight excluding hydrogens is 538 g/mol. The highest BCUT2D eigenvalue weighted by Gasteiger charge is 2.32. The smallest absolute Gasteiger partial charge is 0.326 e. The number of fused-ring (bicyclic) bond motifs is 1. The van der Waals surface area contributed by atoms with Crippen molar-refractivity contribution in [2.24, 2.45) is 11.7 Å². The Hall–Kier alpha value is -2.70. The summed E-state index contributed by atoms with van der Waals surface area (Å²) in [4.78, 5) is 54.6. The van der Waals surface area contributed by atoms with Crippen molar-refractivity contribution in [1.29, 1.82) is 0 Å². The predicted molar refractivity (Wildman–Crippen MR) is 159 cm³/mol. The van der Waals surface area contributed by atoms with E-state index < -0.39 is 47.9 Å². The van der Waals surface area contributed by atoms with Crippen LogP contribution in [0.4, 0.5) is 0 Å². The molecule has 216 valence electrons. The molecule has 0 saturated heterocycles. The summed E-state index contributed by atoms with van der Waals surface area (Å²) in [5.41, 5.74) is 7.80. The number of thioether (sulfide) groups is 2. The number of rotatable bonds is 17. The number of carbonyl (C=O) groups is 4. The molecule has 3 amide bonds. The molecule has 0 spiro atoms. The number of para-hydroxylation sites is 1. The number of amides is 3. The van der Waals surface area contributed by atoms with Gasteiger partial charge in [0.2, 0.25) is 17.7 Å². The third-order valence-electron chi connectivity index (χ3n) is 6.72. The Labute approximate surface area is 238 Å². The highest BCUT2D eigenvalue weighted by atomic mass is 32.2. The first kappa shape index (κ1) is 32.5. The molecule has 12 heteroatoms. The van der Waals surface area contributed by atoms with Gasteiger partial charge in [0, 0.05) is 23.5 Å². The van der Waals surface area contributed by atoms with Crippen molar-refractivity contribution < 1.29 is 24.3 Å². The highest BCUT2D eigenvalue weighted by molar-refractivity contribution is 7.98. The molecule has 1 heterocycles. The maximum Gasteiger partial charge on any atom is 0.326 e. The average molecular weight is 580 g/mol. The Balaban J connectivity index is 2.28. The number of carboxylic acids is 1. The van der Waals surface area contributed by atoms with Gasteiger partial charge in [-0.05, 0) is 54.4 Å². The largest absolute Gasteiger partial charge is 0.480 e. The van der Waals surface area contributed by atoms with Gasteiger partial charge in [-0.25, -0.2) is 4.79 Å². The fourth-order valence-corrected chi connectivity index (χ4v) is 5.06. The summed E-state index contributed by atoms with van der Waals surface area (Å²) >= 11 is 3.08. The number of benzene rings is 1. The summed E-state index contributed by atoms with van der Waals surface area (Å²) in [7, 11) is 0. The molecular formula is C27H41N5O5S2. The van der Waals surface area contributed by atoms with Crippen LogP contribution >= 0.6 is 23.5 Å². The van der Waals surface area contributed by atoms with Crippen LogP contribution in [0.2, 0.25) is 0 Å². The number of aromatic amines is 1. The number of hydrogen-bond donors (Lipinski definition) is 6. The van der Waals surface area contributed by atoms with E-state index in [0.29, 0.717) is 30.8 Å². The van der Waals surface area contributed by atoms with Gasteiger partial charge in [0.15, 0.2) is 0 Å². The van der Waals surface area contributed by atoms with Crippen LogP contribution in [-0.4, -0.2) is 82.0 Å². The van der Waals surface area contributed by atoms with E-state index >= 15 is 0 Å². The van der Waals surface area contributed by atoms with E-state index in [-0.39, 0.29) is 12.3 Å². The number of carbonyl (C=O) groups excluding carboxylic acids is 3. The summed E-state index contributed by atoms with van der Waals surface area (Å²) < 4.78 is 0. The van der Waals surface area contributed by atoms with E-state index in [1.807, 2.05) is 43.7 Å². The van der Waals surface area contributed by atoms with E-state index in [2.05, 4.69) is 20.9 Å². The summed E-state index contributed by atoms with van der Waals surface area (Å²) in [6, 6.07) is 3.82. The zero-order valence-corrected chi connectivity index (χ0v) is 24.6. The number of nitrogens with two attached hydrogens (primary N) is 1. The second-order valence-corrected chi connectivity index (χ2v) is 11.5. The van der Waals surface area contributed by atoms with Gasteiger partial charge in [-0.3, -0.25) is 14.4 Å². The third-order valence-corrected chi connectivity index (χ3v) is 8.01. The van der Waals surface area contributed by atoms with Crippen LogP contribution in [0.3, 0.4) is 0 Å². The molecule has 0 aliphatic heterocycles. The Morgan fingerprint density at radius 2 is 1.56 bits per heavy atom. The minimum absolute atomic E-state index is 0.179. The number of H-pyrrole nitrogens is 1. The second kappa shape index (κ2) is 16.4. The van der Waals surface area contributed by atoms with Crippen LogP contribution in [0.5, 0.6) is 0 Å². The fourth-order valence-electron chi connectivity index (χ4n) is 4.10. The summed E-state index contributed by atoms with van der Waals surface area (Å²) in [6.07, 6.45) is 7.10. The number of nitrogens with one attached hydrogen (secondary N) is 4. The molecule has 39 heavy (non-hydrogen) atoms. The number of hydrogen-bond acceptors (Lipinski definition) is 7. The van der Waals surface area contributed by atoms with E-state index in [4.69, 9.17) is 5.73 Å². The average Bonchev–Trinajstić information content (AvgIpc) is 3.33. The first-order valence-electron chi connectivity index (χ1n) is 13.0. The number of aliphatic carboxylic acids is 1. The Morgan fingerprint density at radius 1 is 0.949 bits per heavy atom. The fraction of sp³-hybridized carbons (Fsp3) is 0.556. The molecule has 7 N–H and O–H groups in total. The molecule has 1 aromatic carbocycles. The van der Waals surface area contributed by atoms with Gasteiger partial charge < -0.3 is 31.8 Å². The van der Waals surface area contributed by atoms with Crippen LogP contribution in [0.25, 0.3) is 10.9 Å². The lowest BCUT2D eigenvalue weighted by molar-refractivity contribution is -0.143. The van der Waals surface area contributed by atoms with Gasteiger partial charge in [0.1, 0.15) is 18.1 Å². The molecule has 1 aromatic heterocycles. The normalized spacial score (nSPS) is 15.1. The molecule has 10 nitrogen and oxygen atoms in total. The van der Waals surface area contributed by atoms with E-state index in [1.54, 1.807) is 24.9 Å². The maximum absolute atomic E-state index is 13.6. The van der Waals surface area contributed by atoms with Gasteiger partial charge in [0.25, 0.3) is 0 Å². The van der Waals surface area contributed by atoms with E-state index in [9.17, 15) is 24.3 Å². The van der Waals surface area contributed by atoms with Crippen molar-refractivity contribution in [3.05, 3.63) is 36.0 Å². The van der Waals surface area contributed by atoms with Crippen molar-refractivity contribution in [2.75, 3.05) is 24.0 Å². The van der Waals surface area contributed by atoms with Crippen molar-refractivity contribution in [3.63, 3.8) is 0 Å². The molecule has 0 bridgehead atoms.